The fourth-order valence-corrected chi connectivity index (χ4v) is 4.78. The molecular formula is C25H32F3N3O5. The van der Waals surface area contributed by atoms with Crippen molar-refractivity contribution in [2.45, 2.75) is 70.8 Å². The van der Waals surface area contributed by atoms with Crippen molar-refractivity contribution in [1.29, 1.82) is 0 Å². The van der Waals surface area contributed by atoms with Crippen molar-refractivity contribution in [2.24, 2.45) is 0 Å². The lowest BCUT2D eigenvalue weighted by Crippen LogP contribution is -2.54. The Kier molecular flexibility index (Phi) is 7.61. The maximum atomic E-state index is 14.2. The summed E-state index contributed by atoms with van der Waals surface area (Å²) in [5.41, 5.74) is -3.09. The third-order valence-corrected chi connectivity index (χ3v) is 6.46. The number of hydrogen-bond acceptors (Lipinski definition) is 4. The van der Waals surface area contributed by atoms with Crippen LogP contribution in [0.5, 0.6) is 5.75 Å². The molecule has 0 aromatic heterocycles. The highest BCUT2D eigenvalue weighted by Gasteiger charge is 2.45. The molecule has 0 bridgehead atoms. The fraction of sp³-hybridized carbons (Fsp3) is 0.560. The predicted octanol–water partition coefficient (Wildman–Crippen LogP) is 4.78. The van der Waals surface area contributed by atoms with Crippen LogP contribution in [0, 0.1) is 0 Å². The number of halogens is 3. The summed E-state index contributed by atoms with van der Waals surface area (Å²) in [6.45, 7) is 10.4. The van der Waals surface area contributed by atoms with Crippen LogP contribution in [0.2, 0.25) is 0 Å². The highest BCUT2D eigenvalue weighted by molar-refractivity contribution is 6.05. The van der Waals surface area contributed by atoms with E-state index in [-0.39, 0.29) is 24.5 Å². The van der Waals surface area contributed by atoms with Crippen molar-refractivity contribution in [3.05, 3.63) is 35.9 Å². The lowest BCUT2D eigenvalue weighted by Gasteiger charge is -2.42. The Morgan fingerprint density at radius 1 is 1.33 bits per heavy atom. The van der Waals surface area contributed by atoms with E-state index in [2.05, 4.69) is 6.58 Å². The molecule has 0 spiro atoms. The summed E-state index contributed by atoms with van der Waals surface area (Å²) in [6.07, 6.45) is -3.10. The summed E-state index contributed by atoms with van der Waals surface area (Å²) >= 11 is 0. The van der Waals surface area contributed by atoms with Gasteiger partial charge in [-0.2, -0.15) is 13.2 Å². The van der Waals surface area contributed by atoms with Gasteiger partial charge in [-0.3, -0.25) is 9.59 Å². The topological polar surface area (TPSA) is 90.4 Å². The number of nitrogens with zero attached hydrogens (tertiary/aromatic N) is 3. The molecule has 1 atom stereocenters. The highest BCUT2D eigenvalue weighted by atomic mass is 19.4. The molecule has 0 aliphatic carbocycles. The molecule has 2 aliphatic heterocycles. The van der Waals surface area contributed by atoms with Crippen molar-refractivity contribution in [3.63, 3.8) is 0 Å². The van der Waals surface area contributed by atoms with Crippen LogP contribution in [-0.4, -0.2) is 70.1 Å². The summed E-state index contributed by atoms with van der Waals surface area (Å²) in [6, 6.07) is 0.764. The Balaban J connectivity index is 2.14. The summed E-state index contributed by atoms with van der Waals surface area (Å²) < 4.78 is 48.3. The maximum absolute atomic E-state index is 14.2. The molecule has 11 heteroatoms. The molecule has 3 amide bonds. The first-order chi connectivity index (χ1) is 16.7. The minimum Gasteiger partial charge on any atom is -0.476 e. The summed E-state index contributed by atoms with van der Waals surface area (Å²) in [7, 11) is 0. The van der Waals surface area contributed by atoms with E-state index in [1.54, 1.807) is 19.9 Å². The van der Waals surface area contributed by atoms with Gasteiger partial charge in [-0.25, -0.2) is 4.79 Å². The van der Waals surface area contributed by atoms with Gasteiger partial charge >= 0.3 is 12.3 Å². The first kappa shape index (κ1) is 27.3. The summed E-state index contributed by atoms with van der Waals surface area (Å²) in [5.74, 6) is -1.46. The van der Waals surface area contributed by atoms with Gasteiger partial charge in [0.05, 0.1) is 22.9 Å². The first-order valence-electron chi connectivity index (χ1n) is 11.9. The van der Waals surface area contributed by atoms with E-state index in [0.717, 1.165) is 12.1 Å². The molecule has 1 aromatic rings. The molecule has 0 radical (unpaired) electrons. The Labute approximate surface area is 208 Å². The van der Waals surface area contributed by atoms with Crippen LogP contribution in [0.15, 0.2) is 24.8 Å². The van der Waals surface area contributed by atoms with Gasteiger partial charge in [0.1, 0.15) is 5.75 Å². The average molecular weight is 512 g/mol. The van der Waals surface area contributed by atoms with Crippen LogP contribution in [0.25, 0.3) is 0 Å². The predicted molar refractivity (Wildman–Crippen MR) is 127 cm³/mol. The van der Waals surface area contributed by atoms with Crippen LogP contribution >= 0.6 is 0 Å². The highest BCUT2D eigenvalue weighted by Crippen LogP contribution is 2.44. The Hall–Kier alpha value is -3.24. The zero-order chi connectivity index (χ0) is 27.0. The zero-order valence-electron chi connectivity index (χ0n) is 20.9. The van der Waals surface area contributed by atoms with Crippen molar-refractivity contribution in [3.8, 4) is 5.75 Å². The molecule has 2 aliphatic rings. The number of amides is 3. The minimum atomic E-state index is -4.87. The molecule has 1 fully saturated rings. The van der Waals surface area contributed by atoms with Crippen LogP contribution in [0.1, 0.15) is 62.9 Å². The van der Waals surface area contributed by atoms with Crippen molar-refractivity contribution in [2.75, 3.05) is 24.5 Å². The van der Waals surface area contributed by atoms with E-state index >= 15 is 0 Å². The first-order valence-corrected chi connectivity index (χ1v) is 11.9. The van der Waals surface area contributed by atoms with E-state index in [9.17, 15) is 32.7 Å². The van der Waals surface area contributed by atoms with Gasteiger partial charge in [0, 0.05) is 25.7 Å². The molecule has 36 heavy (non-hydrogen) atoms. The van der Waals surface area contributed by atoms with Crippen molar-refractivity contribution < 1.29 is 37.4 Å². The summed E-state index contributed by atoms with van der Waals surface area (Å²) in [5, 5.41) is 9.40. The quantitative estimate of drug-likeness (QED) is 0.556. The lowest BCUT2D eigenvalue weighted by molar-refractivity contribution is -0.138. The number of fused-ring (bicyclic) bond motifs is 1. The van der Waals surface area contributed by atoms with E-state index in [1.807, 2.05) is 0 Å². The number of alkyl halides is 3. The average Bonchev–Trinajstić information content (AvgIpc) is 2.78. The van der Waals surface area contributed by atoms with Gasteiger partial charge < -0.3 is 24.5 Å². The smallest absolute Gasteiger partial charge is 0.417 e. The van der Waals surface area contributed by atoms with E-state index in [4.69, 9.17) is 4.74 Å². The molecule has 2 heterocycles. The van der Waals surface area contributed by atoms with Crippen molar-refractivity contribution >= 4 is 23.6 Å². The number of piperidine rings is 1. The van der Waals surface area contributed by atoms with E-state index in [1.165, 1.54) is 28.5 Å². The van der Waals surface area contributed by atoms with Gasteiger partial charge in [0.2, 0.25) is 0 Å². The van der Waals surface area contributed by atoms with Crippen LogP contribution in [-0.2, 0) is 11.0 Å². The SMILES string of the molecule is C=CCCN1C(=O)C(C)(C)Oc2cc(C(F)(F)F)c(C(=O)N(C(C)C)[C@@H]3CCCN(C(=O)O)C3)cc21. The molecular weight excluding hydrogens is 479 g/mol. The molecule has 0 unspecified atom stereocenters. The molecule has 1 aromatic carbocycles. The number of rotatable bonds is 6. The van der Waals surface area contributed by atoms with Crippen molar-refractivity contribution in [1.82, 2.24) is 9.80 Å². The van der Waals surface area contributed by atoms with Crippen LogP contribution in [0.4, 0.5) is 23.7 Å². The maximum Gasteiger partial charge on any atom is 0.417 e. The van der Waals surface area contributed by atoms with Gasteiger partial charge in [0.15, 0.2) is 5.60 Å². The van der Waals surface area contributed by atoms with Gasteiger partial charge in [-0.15, -0.1) is 6.58 Å². The number of ether oxygens (including phenoxy) is 1. The molecule has 3 rings (SSSR count). The molecule has 198 valence electrons. The Bertz CT molecular complexity index is 1050. The van der Waals surface area contributed by atoms with E-state index in [0.29, 0.717) is 25.8 Å². The normalized spacial score (nSPS) is 19.6. The number of benzene rings is 1. The third-order valence-electron chi connectivity index (χ3n) is 6.46. The molecule has 0 saturated carbocycles. The second-order valence-corrected chi connectivity index (χ2v) is 9.84. The fourth-order valence-electron chi connectivity index (χ4n) is 4.78. The van der Waals surface area contributed by atoms with E-state index < -0.39 is 52.9 Å². The summed E-state index contributed by atoms with van der Waals surface area (Å²) in [4.78, 5) is 42.1. The zero-order valence-corrected chi connectivity index (χ0v) is 20.9. The Morgan fingerprint density at radius 3 is 2.56 bits per heavy atom. The number of hydrogen-bond donors (Lipinski definition) is 1. The minimum absolute atomic E-state index is 0.00674. The third kappa shape index (κ3) is 5.29. The van der Waals surface area contributed by atoms with Gasteiger partial charge in [-0.05, 0) is 59.1 Å². The molecule has 1 N–H and O–H groups in total. The lowest BCUT2D eigenvalue weighted by atomic mass is 9.96. The standard InChI is InChI=1S/C25H32F3N3O5/c1-6-7-11-30-19-12-17(18(25(26,27)28)13-20(19)36-24(4,5)22(30)33)21(32)31(15(2)3)16-9-8-10-29(14-16)23(34)35/h6,12-13,15-16H,1,7-11,14H2,2-5H3,(H,34,35)/t16-/m1/s1. The monoisotopic (exact) mass is 511 g/mol. The largest absolute Gasteiger partial charge is 0.476 e. The number of carboxylic acid groups (broad SMARTS) is 1. The van der Waals surface area contributed by atoms with Crippen LogP contribution in [0.3, 0.4) is 0 Å². The molecule has 1 saturated heterocycles. The second-order valence-electron chi connectivity index (χ2n) is 9.84. The number of carbonyl (C=O) groups excluding carboxylic acids is 2. The Morgan fingerprint density at radius 2 is 2.00 bits per heavy atom. The number of likely N-dealkylation sites (tertiary alicyclic amines) is 1. The second kappa shape index (κ2) is 10.0. The molecule has 8 nitrogen and oxygen atoms in total. The number of anilines is 1. The van der Waals surface area contributed by atoms with Gasteiger partial charge in [-0.1, -0.05) is 6.08 Å². The van der Waals surface area contributed by atoms with Crippen LogP contribution < -0.4 is 9.64 Å². The van der Waals surface area contributed by atoms with Gasteiger partial charge in [0.25, 0.3) is 11.8 Å². The number of carbonyl (C=O) groups is 3.